The van der Waals surface area contributed by atoms with E-state index in [-0.39, 0.29) is 5.78 Å². The van der Waals surface area contributed by atoms with Crippen LogP contribution in [0.2, 0.25) is 0 Å². The number of Topliss-reactive ketones (excluding diaryl/α,β-unsaturated/α-hetero) is 1. The van der Waals surface area contributed by atoms with E-state index >= 15 is 0 Å². The molecule has 1 rings (SSSR count). The van der Waals surface area contributed by atoms with Crippen molar-refractivity contribution in [2.45, 2.75) is 44.6 Å². The maximum absolute atomic E-state index is 11.5. The van der Waals surface area contributed by atoms with Crippen LogP contribution in [0.3, 0.4) is 0 Å². The van der Waals surface area contributed by atoms with Crippen LogP contribution in [0.15, 0.2) is 0 Å². The predicted molar refractivity (Wildman–Crippen MR) is 48.5 cm³/mol. The Morgan fingerprint density at radius 1 is 1.50 bits per heavy atom. The van der Waals surface area contributed by atoms with Crippen LogP contribution in [0, 0.1) is 11.8 Å². The Bertz CT molecular complexity index is 228. The molecule has 66 valence electrons. The van der Waals surface area contributed by atoms with Crippen molar-refractivity contribution in [2.75, 3.05) is 0 Å². The molecule has 0 radical (unpaired) electrons. The van der Waals surface area contributed by atoms with Crippen molar-refractivity contribution in [1.29, 1.82) is 0 Å². The van der Waals surface area contributed by atoms with Crippen LogP contribution in [-0.2, 0) is 4.79 Å². The molecule has 0 heterocycles. The molecule has 12 heavy (non-hydrogen) atoms. The monoisotopic (exact) mass is 165 g/mol. The van der Waals surface area contributed by atoms with Crippen molar-refractivity contribution < 1.29 is 4.79 Å². The third-order valence-corrected chi connectivity index (χ3v) is 2.48. The van der Waals surface area contributed by atoms with E-state index in [1.807, 2.05) is 0 Å². The van der Waals surface area contributed by atoms with Crippen molar-refractivity contribution in [1.82, 2.24) is 0 Å². The minimum absolute atomic E-state index is 0.120. The molecule has 1 aliphatic carbocycles. The molecule has 1 fully saturated rings. The van der Waals surface area contributed by atoms with E-state index in [9.17, 15) is 4.79 Å². The molecular formula is C10H15NO. The molecule has 0 aromatic rings. The maximum Gasteiger partial charge on any atom is 0.164 e. The first-order valence-corrected chi connectivity index (χ1v) is 4.41. The van der Waals surface area contributed by atoms with Gasteiger partial charge in [-0.3, -0.25) is 4.79 Å². The van der Waals surface area contributed by atoms with Crippen LogP contribution in [0.25, 0.3) is 0 Å². The number of carbonyl (C=O) groups excluding carboxylic acids is 1. The Morgan fingerprint density at radius 3 is 2.58 bits per heavy atom. The molecule has 1 saturated carbocycles. The summed E-state index contributed by atoms with van der Waals surface area (Å²) in [7, 11) is 0. The summed E-state index contributed by atoms with van der Waals surface area (Å²) in [6.45, 7) is 1.74. The third-order valence-electron chi connectivity index (χ3n) is 2.48. The summed E-state index contributed by atoms with van der Waals surface area (Å²) in [5.41, 5.74) is 5.39. The van der Waals surface area contributed by atoms with Gasteiger partial charge in [-0.25, -0.2) is 0 Å². The zero-order chi connectivity index (χ0) is 9.03. The maximum atomic E-state index is 11.5. The molecular weight excluding hydrogens is 150 g/mol. The van der Waals surface area contributed by atoms with E-state index in [1.54, 1.807) is 6.92 Å². The molecule has 1 aliphatic rings. The second-order valence-corrected chi connectivity index (χ2v) is 3.39. The van der Waals surface area contributed by atoms with Crippen molar-refractivity contribution in [3.8, 4) is 11.8 Å². The number of nitrogens with two attached hydrogens (primary N) is 1. The molecule has 2 N–H and O–H groups in total. The Hall–Kier alpha value is -0.810. The molecule has 0 bridgehead atoms. The van der Waals surface area contributed by atoms with Gasteiger partial charge in [-0.2, -0.15) is 0 Å². The highest BCUT2D eigenvalue weighted by Gasteiger charge is 2.35. The number of hydrogen-bond donors (Lipinski definition) is 1. The molecule has 0 unspecified atom stereocenters. The number of rotatable bonds is 2. The lowest BCUT2D eigenvalue weighted by Crippen LogP contribution is -2.44. The van der Waals surface area contributed by atoms with Gasteiger partial charge in [-0.05, 0) is 19.8 Å². The number of ketones is 1. The Balaban J connectivity index is 2.53. The van der Waals surface area contributed by atoms with Crippen LogP contribution in [-0.4, -0.2) is 11.3 Å². The third kappa shape index (κ3) is 1.86. The molecule has 2 heteroatoms. The molecule has 2 nitrogen and oxygen atoms in total. The highest BCUT2D eigenvalue weighted by atomic mass is 16.1. The lowest BCUT2D eigenvalue weighted by Gasteiger charge is -2.19. The van der Waals surface area contributed by atoms with E-state index in [4.69, 9.17) is 5.73 Å². The van der Waals surface area contributed by atoms with Crippen LogP contribution < -0.4 is 5.73 Å². The molecule has 0 saturated heterocycles. The molecule has 0 atom stereocenters. The van der Waals surface area contributed by atoms with Gasteiger partial charge in [0, 0.05) is 0 Å². The summed E-state index contributed by atoms with van der Waals surface area (Å²) in [4.78, 5) is 11.5. The smallest absolute Gasteiger partial charge is 0.164 e. The van der Waals surface area contributed by atoms with Gasteiger partial charge in [0.15, 0.2) is 5.78 Å². The Labute approximate surface area is 73.5 Å². The van der Waals surface area contributed by atoms with Gasteiger partial charge in [0.2, 0.25) is 0 Å². The van der Waals surface area contributed by atoms with Gasteiger partial charge in [0.1, 0.15) is 0 Å². The van der Waals surface area contributed by atoms with Crippen molar-refractivity contribution >= 4 is 5.78 Å². The van der Waals surface area contributed by atoms with Gasteiger partial charge >= 0.3 is 0 Å². The quantitative estimate of drug-likeness (QED) is 0.625. The van der Waals surface area contributed by atoms with Crippen LogP contribution in [0.1, 0.15) is 39.0 Å². The fraction of sp³-hybridized carbons (Fsp3) is 0.700. The van der Waals surface area contributed by atoms with Gasteiger partial charge < -0.3 is 5.73 Å². The van der Waals surface area contributed by atoms with Crippen LogP contribution in [0.4, 0.5) is 0 Å². The lowest BCUT2D eigenvalue weighted by molar-refractivity contribution is -0.123. The summed E-state index contributed by atoms with van der Waals surface area (Å²) in [5.74, 6) is 5.60. The number of hydrogen-bond acceptors (Lipinski definition) is 2. The SMILES string of the molecule is CC#CCC(=O)C1(N)CCCC1. The number of carbonyl (C=O) groups is 1. The molecule has 0 aromatic carbocycles. The summed E-state index contributed by atoms with van der Waals surface area (Å²) >= 11 is 0. The topological polar surface area (TPSA) is 43.1 Å². The first kappa shape index (κ1) is 9.28. The zero-order valence-corrected chi connectivity index (χ0v) is 7.52. The average molecular weight is 165 g/mol. The highest BCUT2D eigenvalue weighted by Crippen LogP contribution is 2.28. The van der Waals surface area contributed by atoms with Gasteiger partial charge in [-0.15, -0.1) is 5.92 Å². The Kier molecular flexibility index (Phi) is 2.88. The van der Waals surface area contributed by atoms with Crippen LogP contribution in [0.5, 0.6) is 0 Å². The van der Waals surface area contributed by atoms with Crippen LogP contribution >= 0.6 is 0 Å². The van der Waals surface area contributed by atoms with E-state index in [0.717, 1.165) is 25.7 Å². The summed E-state index contributed by atoms with van der Waals surface area (Å²) in [5, 5.41) is 0. The minimum atomic E-state index is -0.538. The fourth-order valence-corrected chi connectivity index (χ4v) is 1.63. The van der Waals surface area contributed by atoms with Gasteiger partial charge in [0.05, 0.1) is 12.0 Å². The van der Waals surface area contributed by atoms with E-state index in [1.165, 1.54) is 0 Å². The zero-order valence-electron chi connectivity index (χ0n) is 7.52. The standard InChI is InChI=1S/C10H15NO/c1-2-3-6-9(12)10(11)7-4-5-8-10/h4-8,11H2,1H3. The minimum Gasteiger partial charge on any atom is -0.319 e. The first-order valence-electron chi connectivity index (χ1n) is 4.41. The van der Waals surface area contributed by atoms with E-state index < -0.39 is 5.54 Å². The van der Waals surface area contributed by atoms with Gasteiger partial charge in [-0.1, -0.05) is 18.8 Å². The molecule has 0 aromatic heterocycles. The predicted octanol–water partition coefficient (Wildman–Crippen LogP) is 1.24. The molecule has 0 spiro atoms. The molecule has 0 amide bonds. The summed E-state index contributed by atoms with van der Waals surface area (Å²) in [6, 6.07) is 0. The van der Waals surface area contributed by atoms with Crippen molar-refractivity contribution in [2.24, 2.45) is 5.73 Å². The van der Waals surface area contributed by atoms with Crippen molar-refractivity contribution in [3.63, 3.8) is 0 Å². The highest BCUT2D eigenvalue weighted by molar-refractivity contribution is 5.90. The summed E-state index contributed by atoms with van der Waals surface area (Å²) < 4.78 is 0. The molecule has 0 aliphatic heterocycles. The normalized spacial score (nSPS) is 19.8. The average Bonchev–Trinajstić information content (AvgIpc) is 2.49. The second-order valence-electron chi connectivity index (χ2n) is 3.39. The first-order chi connectivity index (χ1) is 5.69. The fourth-order valence-electron chi connectivity index (χ4n) is 1.63. The van der Waals surface area contributed by atoms with E-state index in [0.29, 0.717) is 6.42 Å². The summed E-state index contributed by atoms with van der Waals surface area (Å²) in [6.07, 6.45) is 4.19. The lowest BCUT2D eigenvalue weighted by atomic mass is 9.91. The Morgan fingerprint density at radius 2 is 2.08 bits per heavy atom. The second kappa shape index (κ2) is 3.73. The van der Waals surface area contributed by atoms with Crippen molar-refractivity contribution in [3.05, 3.63) is 0 Å². The van der Waals surface area contributed by atoms with E-state index in [2.05, 4.69) is 11.8 Å². The van der Waals surface area contributed by atoms with Gasteiger partial charge in [0.25, 0.3) is 0 Å². The largest absolute Gasteiger partial charge is 0.319 e.